The summed E-state index contributed by atoms with van der Waals surface area (Å²) in [5.41, 5.74) is 0.683. The minimum absolute atomic E-state index is 0.152. The van der Waals surface area contributed by atoms with E-state index < -0.39 is 0 Å². The number of aromatic nitrogens is 4. The van der Waals surface area contributed by atoms with Gasteiger partial charge in [-0.05, 0) is 34.9 Å². The van der Waals surface area contributed by atoms with Gasteiger partial charge in [0, 0.05) is 33.3 Å². The number of halogens is 1. The summed E-state index contributed by atoms with van der Waals surface area (Å²) >= 11 is 0. The minimum Gasteiger partial charge on any atom is -0.383 e. The lowest BCUT2D eigenvalue weighted by molar-refractivity contribution is 0.145. The summed E-state index contributed by atoms with van der Waals surface area (Å²) in [6, 6.07) is 7.14. The van der Waals surface area contributed by atoms with Gasteiger partial charge in [-0.3, -0.25) is 4.90 Å². The number of piperazine rings is 1. The third kappa shape index (κ3) is 4.81. The van der Waals surface area contributed by atoms with Crippen LogP contribution in [0.3, 0.4) is 0 Å². The van der Waals surface area contributed by atoms with Crippen molar-refractivity contribution in [2.75, 3.05) is 44.8 Å². The van der Waals surface area contributed by atoms with E-state index in [1.54, 1.807) is 13.2 Å². The van der Waals surface area contributed by atoms with Gasteiger partial charge in [-0.15, -0.1) is 5.10 Å². The summed E-state index contributed by atoms with van der Waals surface area (Å²) in [7, 11) is 1.68. The zero-order chi connectivity index (χ0) is 19.2. The number of ether oxygens (including phenoxy) is 1. The Morgan fingerprint density at radius 1 is 1.15 bits per heavy atom. The maximum atomic E-state index is 14.1. The van der Waals surface area contributed by atoms with Crippen LogP contribution < -0.4 is 4.90 Å². The van der Waals surface area contributed by atoms with Gasteiger partial charge in [0.1, 0.15) is 5.82 Å². The molecule has 0 amide bonds. The van der Waals surface area contributed by atoms with E-state index in [2.05, 4.69) is 39.2 Å². The molecule has 1 aromatic heterocycles. The molecular formula is C19H29FN6O. The maximum absolute atomic E-state index is 14.1. The zero-order valence-corrected chi connectivity index (χ0v) is 16.4. The van der Waals surface area contributed by atoms with Gasteiger partial charge in [0.15, 0.2) is 5.82 Å². The van der Waals surface area contributed by atoms with Crippen LogP contribution in [0.15, 0.2) is 24.3 Å². The molecule has 1 fully saturated rings. The molecule has 0 aliphatic carbocycles. The van der Waals surface area contributed by atoms with Crippen molar-refractivity contribution in [3.05, 3.63) is 35.9 Å². The smallest absolute Gasteiger partial charge is 0.168 e. The fraction of sp³-hybridized carbons (Fsp3) is 0.632. The monoisotopic (exact) mass is 376 g/mol. The molecule has 1 aliphatic heterocycles. The number of methoxy groups -OCH3 is 1. The normalized spacial score (nSPS) is 16.9. The van der Waals surface area contributed by atoms with Crippen LogP contribution in [0.25, 0.3) is 0 Å². The standard InChI is InChI=1S/C19H29FN6O/c1-15(2)14-18(19-21-22-23-26(19)12-13-27-3)25-10-8-24(9-11-25)17-7-5-4-6-16(17)20/h4-7,15,18H,8-14H2,1-3H3. The number of tetrazole rings is 1. The first-order valence-electron chi connectivity index (χ1n) is 9.58. The molecule has 2 heterocycles. The fourth-order valence-corrected chi connectivity index (χ4v) is 3.63. The Kier molecular flexibility index (Phi) is 6.73. The molecule has 1 aromatic carbocycles. The molecule has 2 aromatic rings. The molecule has 1 unspecified atom stereocenters. The van der Waals surface area contributed by atoms with Crippen molar-refractivity contribution in [2.24, 2.45) is 5.92 Å². The van der Waals surface area contributed by atoms with E-state index in [0.29, 0.717) is 24.8 Å². The third-order valence-corrected chi connectivity index (χ3v) is 5.01. The Morgan fingerprint density at radius 3 is 2.56 bits per heavy atom. The first-order valence-corrected chi connectivity index (χ1v) is 9.58. The summed E-state index contributed by atoms with van der Waals surface area (Å²) in [5.74, 6) is 1.25. The lowest BCUT2D eigenvalue weighted by atomic mass is 10.0. The number of nitrogens with zero attached hydrogens (tertiary/aromatic N) is 6. The first-order chi connectivity index (χ1) is 13.1. The molecule has 1 aliphatic rings. The largest absolute Gasteiger partial charge is 0.383 e. The van der Waals surface area contributed by atoms with Gasteiger partial charge in [0.05, 0.1) is 24.9 Å². The van der Waals surface area contributed by atoms with Crippen LogP contribution in [0.2, 0.25) is 0 Å². The van der Waals surface area contributed by atoms with Crippen molar-refractivity contribution >= 4 is 5.69 Å². The van der Waals surface area contributed by atoms with Crippen molar-refractivity contribution in [2.45, 2.75) is 32.9 Å². The quantitative estimate of drug-likeness (QED) is 0.705. The summed E-state index contributed by atoms with van der Waals surface area (Å²) < 4.78 is 21.1. The molecule has 8 heteroatoms. The second-order valence-electron chi connectivity index (χ2n) is 7.37. The van der Waals surface area contributed by atoms with Crippen molar-refractivity contribution in [1.82, 2.24) is 25.1 Å². The molecule has 0 saturated carbocycles. The van der Waals surface area contributed by atoms with Crippen LogP contribution in [0.1, 0.15) is 32.1 Å². The molecule has 1 atom stereocenters. The van der Waals surface area contributed by atoms with Crippen LogP contribution in [0.5, 0.6) is 0 Å². The van der Waals surface area contributed by atoms with Gasteiger partial charge >= 0.3 is 0 Å². The number of para-hydroxylation sites is 1. The molecule has 3 rings (SSSR count). The van der Waals surface area contributed by atoms with Gasteiger partial charge in [0.2, 0.25) is 0 Å². The highest BCUT2D eigenvalue weighted by atomic mass is 19.1. The van der Waals surface area contributed by atoms with Crippen molar-refractivity contribution < 1.29 is 9.13 Å². The molecule has 0 N–H and O–H groups in total. The highest BCUT2D eigenvalue weighted by molar-refractivity contribution is 5.48. The Labute approximate surface area is 160 Å². The van der Waals surface area contributed by atoms with Gasteiger partial charge in [-0.2, -0.15) is 0 Å². The number of hydrogen-bond donors (Lipinski definition) is 0. The summed E-state index contributed by atoms with van der Waals surface area (Å²) in [5, 5.41) is 12.4. The van der Waals surface area contributed by atoms with E-state index in [9.17, 15) is 4.39 Å². The van der Waals surface area contributed by atoms with E-state index >= 15 is 0 Å². The summed E-state index contributed by atoms with van der Waals surface area (Å²) in [6.45, 7) is 8.92. The second kappa shape index (κ2) is 9.23. The molecular weight excluding hydrogens is 347 g/mol. The average Bonchev–Trinajstić information content (AvgIpc) is 3.13. The molecule has 0 spiro atoms. The molecule has 0 bridgehead atoms. The molecule has 7 nitrogen and oxygen atoms in total. The average molecular weight is 376 g/mol. The summed E-state index contributed by atoms with van der Waals surface area (Å²) in [6.07, 6.45) is 0.979. The Balaban J connectivity index is 1.72. The number of benzene rings is 1. The van der Waals surface area contributed by atoms with Crippen LogP contribution in [0, 0.1) is 11.7 Å². The molecule has 27 heavy (non-hydrogen) atoms. The van der Waals surface area contributed by atoms with Crippen LogP contribution in [-0.2, 0) is 11.3 Å². The van der Waals surface area contributed by atoms with Crippen molar-refractivity contribution in [3.8, 4) is 0 Å². The van der Waals surface area contributed by atoms with E-state index in [-0.39, 0.29) is 11.9 Å². The number of anilines is 1. The maximum Gasteiger partial charge on any atom is 0.168 e. The predicted molar refractivity (Wildman–Crippen MR) is 102 cm³/mol. The van der Waals surface area contributed by atoms with E-state index in [1.807, 2.05) is 16.8 Å². The lowest BCUT2D eigenvalue weighted by Gasteiger charge is -2.40. The van der Waals surface area contributed by atoms with Crippen LogP contribution in [0.4, 0.5) is 10.1 Å². The van der Waals surface area contributed by atoms with E-state index in [1.165, 1.54) is 6.07 Å². The van der Waals surface area contributed by atoms with Gasteiger partial charge in [-0.25, -0.2) is 9.07 Å². The molecule has 148 valence electrons. The zero-order valence-electron chi connectivity index (χ0n) is 16.4. The number of rotatable bonds is 8. The van der Waals surface area contributed by atoms with E-state index in [4.69, 9.17) is 4.74 Å². The highest BCUT2D eigenvalue weighted by Crippen LogP contribution is 2.29. The Hall–Kier alpha value is -2.06. The van der Waals surface area contributed by atoms with E-state index in [0.717, 1.165) is 38.4 Å². The van der Waals surface area contributed by atoms with Crippen LogP contribution in [-0.4, -0.2) is 65.0 Å². The first kappa shape index (κ1) is 19.7. The molecule has 1 saturated heterocycles. The SMILES string of the molecule is COCCn1nnnc1C(CC(C)C)N1CCN(c2ccccc2F)CC1. The lowest BCUT2D eigenvalue weighted by Crippen LogP contribution is -2.48. The number of hydrogen-bond acceptors (Lipinski definition) is 6. The van der Waals surface area contributed by atoms with Gasteiger partial charge in [0.25, 0.3) is 0 Å². The van der Waals surface area contributed by atoms with Gasteiger partial charge < -0.3 is 9.64 Å². The Bertz CT molecular complexity index is 714. The summed E-state index contributed by atoms with van der Waals surface area (Å²) in [4.78, 5) is 4.54. The topological polar surface area (TPSA) is 59.3 Å². The highest BCUT2D eigenvalue weighted by Gasteiger charge is 2.30. The fourth-order valence-electron chi connectivity index (χ4n) is 3.63. The van der Waals surface area contributed by atoms with Crippen molar-refractivity contribution in [3.63, 3.8) is 0 Å². The minimum atomic E-state index is -0.159. The second-order valence-corrected chi connectivity index (χ2v) is 7.37. The van der Waals surface area contributed by atoms with Gasteiger partial charge in [-0.1, -0.05) is 26.0 Å². The molecule has 0 radical (unpaired) electrons. The Morgan fingerprint density at radius 2 is 1.89 bits per heavy atom. The predicted octanol–water partition coefficient (Wildman–Crippen LogP) is 2.37. The van der Waals surface area contributed by atoms with Crippen LogP contribution >= 0.6 is 0 Å². The third-order valence-electron chi connectivity index (χ3n) is 5.01. The van der Waals surface area contributed by atoms with Crippen molar-refractivity contribution in [1.29, 1.82) is 0 Å².